The number of aliphatic hydroxyl groups is 1. The molecule has 2 aliphatic rings. The molecule has 2 aromatic carbocycles. The molecule has 0 saturated carbocycles. The molecule has 5 rings (SSSR count). The lowest BCUT2D eigenvalue weighted by molar-refractivity contribution is 0.0242. The van der Waals surface area contributed by atoms with Crippen molar-refractivity contribution in [2.75, 3.05) is 32.8 Å². The number of aliphatic hydroxyl groups excluding tert-OH is 1. The van der Waals surface area contributed by atoms with E-state index >= 15 is 0 Å². The van der Waals surface area contributed by atoms with Crippen molar-refractivity contribution < 1.29 is 9.90 Å². The summed E-state index contributed by atoms with van der Waals surface area (Å²) < 4.78 is 0. The van der Waals surface area contributed by atoms with Crippen LogP contribution in [-0.4, -0.2) is 64.6 Å². The van der Waals surface area contributed by atoms with Gasteiger partial charge >= 0.3 is 0 Å². The number of carbonyl (C=O) groups is 1. The molecule has 0 unspecified atom stereocenters. The third-order valence-electron chi connectivity index (χ3n) is 8.36. The molecular weight excluding hydrogens is 470 g/mol. The van der Waals surface area contributed by atoms with Crippen LogP contribution in [0.2, 0.25) is 5.02 Å². The fraction of sp³-hybridized carbons (Fsp3) is 0.467. The number of benzene rings is 2. The second-order valence-electron chi connectivity index (χ2n) is 10.6. The van der Waals surface area contributed by atoms with Crippen LogP contribution in [0.3, 0.4) is 0 Å². The van der Waals surface area contributed by atoms with Crippen molar-refractivity contribution in [1.29, 1.82) is 0 Å². The molecule has 6 heteroatoms. The highest BCUT2D eigenvalue weighted by atomic mass is 35.5. The Morgan fingerprint density at radius 2 is 1.81 bits per heavy atom. The zero-order valence-corrected chi connectivity index (χ0v) is 22.0. The number of likely N-dealkylation sites (tertiary alicyclic amines) is 2. The fourth-order valence-corrected chi connectivity index (χ4v) is 6.29. The number of piperidine rings is 2. The van der Waals surface area contributed by atoms with E-state index in [1.807, 2.05) is 43.0 Å². The van der Waals surface area contributed by atoms with Gasteiger partial charge in [0.2, 0.25) is 0 Å². The number of halogens is 1. The number of hydrogen-bond acceptors (Lipinski definition) is 4. The number of aromatic nitrogens is 1. The molecule has 2 saturated heterocycles. The van der Waals surface area contributed by atoms with Crippen molar-refractivity contribution in [2.45, 2.75) is 45.6 Å². The van der Waals surface area contributed by atoms with Gasteiger partial charge in [-0.1, -0.05) is 35.9 Å². The normalized spacial score (nSPS) is 21.7. The van der Waals surface area contributed by atoms with Gasteiger partial charge in [-0.2, -0.15) is 0 Å². The first kappa shape index (κ1) is 25.2. The van der Waals surface area contributed by atoms with Gasteiger partial charge in [0.1, 0.15) is 0 Å². The maximum absolute atomic E-state index is 13.4. The number of pyridine rings is 1. The van der Waals surface area contributed by atoms with Gasteiger partial charge in [0.15, 0.2) is 0 Å². The molecule has 2 fully saturated rings. The molecule has 3 heterocycles. The maximum Gasteiger partial charge on any atom is 0.254 e. The molecule has 190 valence electrons. The van der Waals surface area contributed by atoms with Crippen LogP contribution in [0.15, 0.2) is 48.7 Å². The van der Waals surface area contributed by atoms with E-state index in [0.717, 1.165) is 84.5 Å². The summed E-state index contributed by atoms with van der Waals surface area (Å²) in [5, 5.41) is 11.9. The molecule has 5 nitrogen and oxygen atoms in total. The van der Waals surface area contributed by atoms with Gasteiger partial charge < -0.3 is 10.0 Å². The van der Waals surface area contributed by atoms with Crippen molar-refractivity contribution >= 4 is 28.4 Å². The molecule has 3 aromatic rings. The fourth-order valence-electron chi connectivity index (χ4n) is 6.09. The van der Waals surface area contributed by atoms with Crippen LogP contribution in [0.4, 0.5) is 0 Å². The first-order valence-electron chi connectivity index (χ1n) is 13.2. The zero-order chi connectivity index (χ0) is 25.2. The molecule has 36 heavy (non-hydrogen) atoms. The summed E-state index contributed by atoms with van der Waals surface area (Å²) in [6, 6.07) is 14.7. The van der Waals surface area contributed by atoms with Crippen LogP contribution in [0.25, 0.3) is 10.9 Å². The topological polar surface area (TPSA) is 56.7 Å². The second kappa shape index (κ2) is 10.9. The summed E-state index contributed by atoms with van der Waals surface area (Å²) in [7, 11) is 0. The van der Waals surface area contributed by atoms with Crippen LogP contribution in [-0.2, 0) is 6.42 Å². The largest absolute Gasteiger partial charge is 0.396 e. The third-order valence-corrected chi connectivity index (χ3v) is 8.77. The SMILES string of the molecule is Cc1ccc(C[C@H]2CCN(C3CCN(C(=O)c4ccc(C)c5ncccc45)CC3)C[C@H]2CO)cc1Cl. The number of nitrogens with zero attached hydrogens (tertiary/aromatic N) is 3. The quantitative estimate of drug-likeness (QED) is 0.512. The van der Waals surface area contributed by atoms with Gasteiger partial charge in [-0.3, -0.25) is 14.7 Å². The van der Waals surface area contributed by atoms with E-state index in [2.05, 4.69) is 28.1 Å². The van der Waals surface area contributed by atoms with E-state index in [1.165, 1.54) is 5.56 Å². The highest BCUT2D eigenvalue weighted by molar-refractivity contribution is 6.31. The maximum atomic E-state index is 13.4. The predicted molar refractivity (Wildman–Crippen MR) is 146 cm³/mol. The van der Waals surface area contributed by atoms with E-state index < -0.39 is 0 Å². The van der Waals surface area contributed by atoms with Gasteiger partial charge in [0, 0.05) is 54.5 Å². The van der Waals surface area contributed by atoms with Gasteiger partial charge in [0.25, 0.3) is 5.91 Å². The number of rotatable bonds is 5. The predicted octanol–water partition coefficient (Wildman–Crippen LogP) is 5.28. The van der Waals surface area contributed by atoms with E-state index in [9.17, 15) is 9.90 Å². The molecule has 0 aliphatic carbocycles. The molecule has 1 amide bonds. The van der Waals surface area contributed by atoms with Gasteiger partial charge in [-0.05, 0) is 92.8 Å². The van der Waals surface area contributed by atoms with Gasteiger partial charge in [-0.15, -0.1) is 0 Å². The Morgan fingerprint density at radius 3 is 2.56 bits per heavy atom. The van der Waals surface area contributed by atoms with E-state index in [1.54, 1.807) is 6.20 Å². The Balaban J connectivity index is 1.19. The van der Waals surface area contributed by atoms with Crippen molar-refractivity contribution in [3.8, 4) is 0 Å². The number of aryl methyl sites for hydroxylation is 2. The summed E-state index contributed by atoms with van der Waals surface area (Å²) >= 11 is 6.35. The standard InChI is InChI=1S/C30H36ClN3O2/c1-20-5-7-22(17-28(20)31)16-23-9-13-34(18-24(23)19-35)25-10-14-33(15-11-25)30(36)27-8-6-21(2)29-26(27)4-3-12-32-29/h3-8,12,17,23-25,35H,9-11,13-16,18-19H2,1-2H3/t23-,24+/m1/s1. The smallest absolute Gasteiger partial charge is 0.254 e. The number of amides is 1. The third kappa shape index (κ3) is 5.15. The average Bonchev–Trinajstić information content (AvgIpc) is 2.91. The van der Waals surface area contributed by atoms with Crippen molar-refractivity contribution in [2.24, 2.45) is 11.8 Å². The lowest BCUT2D eigenvalue weighted by Crippen LogP contribution is -2.52. The molecule has 0 bridgehead atoms. The molecule has 2 atom stereocenters. The van der Waals surface area contributed by atoms with E-state index in [0.29, 0.717) is 12.0 Å². The Labute approximate surface area is 219 Å². The Morgan fingerprint density at radius 1 is 1.03 bits per heavy atom. The van der Waals surface area contributed by atoms with Crippen LogP contribution < -0.4 is 0 Å². The minimum absolute atomic E-state index is 0.107. The molecule has 1 N–H and O–H groups in total. The summed E-state index contributed by atoms with van der Waals surface area (Å²) in [5.41, 5.74) is 5.11. The summed E-state index contributed by atoms with van der Waals surface area (Å²) in [6.45, 7) is 7.79. The summed E-state index contributed by atoms with van der Waals surface area (Å²) in [5.74, 6) is 0.843. The lowest BCUT2D eigenvalue weighted by atomic mass is 9.80. The van der Waals surface area contributed by atoms with Crippen molar-refractivity contribution in [3.05, 3.63) is 75.9 Å². The molecule has 0 radical (unpaired) electrons. The van der Waals surface area contributed by atoms with Crippen molar-refractivity contribution in [1.82, 2.24) is 14.8 Å². The Kier molecular flexibility index (Phi) is 7.61. The summed E-state index contributed by atoms with van der Waals surface area (Å²) in [4.78, 5) is 22.5. The summed E-state index contributed by atoms with van der Waals surface area (Å²) in [6.07, 6.45) is 5.78. The van der Waals surface area contributed by atoms with E-state index in [4.69, 9.17) is 11.6 Å². The van der Waals surface area contributed by atoms with Gasteiger partial charge in [-0.25, -0.2) is 0 Å². The van der Waals surface area contributed by atoms with Gasteiger partial charge in [0.05, 0.1) is 5.52 Å². The van der Waals surface area contributed by atoms with Crippen molar-refractivity contribution in [3.63, 3.8) is 0 Å². The highest BCUT2D eigenvalue weighted by Gasteiger charge is 2.34. The zero-order valence-electron chi connectivity index (χ0n) is 21.3. The van der Waals surface area contributed by atoms with Crippen LogP contribution >= 0.6 is 11.6 Å². The highest BCUT2D eigenvalue weighted by Crippen LogP contribution is 2.32. The Hall–Kier alpha value is -2.47. The van der Waals surface area contributed by atoms with E-state index in [-0.39, 0.29) is 18.4 Å². The molecule has 2 aliphatic heterocycles. The molecular formula is C30H36ClN3O2. The lowest BCUT2D eigenvalue weighted by Gasteiger charge is -2.44. The van der Waals surface area contributed by atoms with Crippen LogP contribution in [0.1, 0.15) is 46.3 Å². The van der Waals surface area contributed by atoms with Crippen LogP contribution in [0.5, 0.6) is 0 Å². The second-order valence-corrected chi connectivity index (χ2v) is 11.0. The molecule has 0 spiro atoms. The monoisotopic (exact) mass is 505 g/mol. The first-order chi connectivity index (χ1) is 17.4. The minimum Gasteiger partial charge on any atom is -0.396 e. The average molecular weight is 506 g/mol. The number of fused-ring (bicyclic) bond motifs is 1. The first-order valence-corrected chi connectivity index (χ1v) is 13.6. The Bertz CT molecular complexity index is 1240. The van der Waals surface area contributed by atoms with Crippen LogP contribution in [0, 0.1) is 25.7 Å². The number of hydrogen-bond donors (Lipinski definition) is 1. The minimum atomic E-state index is 0.107. The number of carbonyl (C=O) groups excluding carboxylic acids is 1. The molecule has 1 aromatic heterocycles.